The lowest BCUT2D eigenvalue weighted by Gasteiger charge is -2.47. The van der Waals surface area contributed by atoms with E-state index in [1.807, 2.05) is 63.9 Å². The van der Waals surface area contributed by atoms with Gasteiger partial charge in [-0.05, 0) is 71.2 Å². The molecule has 0 radical (unpaired) electrons. The molecule has 0 spiro atoms. The third-order valence-corrected chi connectivity index (χ3v) is 7.37. The maximum atomic E-state index is 12.7. The van der Waals surface area contributed by atoms with Crippen LogP contribution in [0, 0.1) is 25.2 Å². The summed E-state index contributed by atoms with van der Waals surface area (Å²) >= 11 is 0. The number of carbonyl (C=O) groups excluding carboxylic acids is 1. The number of ether oxygens (including phenoxy) is 1. The zero-order valence-electron chi connectivity index (χ0n) is 22.2. The number of likely N-dealkylation sites (tertiary alicyclic amines) is 1. The van der Waals surface area contributed by atoms with E-state index in [0.717, 1.165) is 46.4 Å². The molecule has 2 fully saturated rings. The second kappa shape index (κ2) is 9.18. The zero-order chi connectivity index (χ0) is 26.5. The summed E-state index contributed by atoms with van der Waals surface area (Å²) in [4.78, 5) is 21.5. The minimum atomic E-state index is -0.508. The molecule has 0 saturated carbocycles. The fraction of sp³-hybridized carbons (Fsp3) is 0.464. The number of pyridine rings is 1. The van der Waals surface area contributed by atoms with E-state index in [2.05, 4.69) is 39.5 Å². The van der Waals surface area contributed by atoms with E-state index in [1.54, 1.807) is 0 Å². The monoisotopic (exact) mass is 499 g/mol. The normalized spacial score (nSPS) is 19.7. The summed E-state index contributed by atoms with van der Waals surface area (Å²) in [5.41, 5.74) is 2.98. The van der Waals surface area contributed by atoms with Gasteiger partial charge in [0.1, 0.15) is 11.4 Å². The molecule has 192 valence electrons. The van der Waals surface area contributed by atoms with E-state index in [4.69, 9.17) is 9.72 Å². The summed E-state index contributed by atoms with van der Waals surface area (Å²) in [5, 5.41) is 23.7. The number of rotatable bonds is 4. The highest BCUT2D eigenvalue weighted by molar-refractivity contribution is 5.94. The largest absolute Gasteiger partial charge is 0.444 e. The number of aromatic nitrogens is 3. The van der Waals surface area contributed by atoms with Crippen LogP contribution in [0.3, 0.4) is 0 Å². The van der Waals surface area contributed by atoms with Gasteiger partial charge in [0.05, 0.1) is 35.5 Å². The molecule has 5 rings (SSSR count). The van der Waals surface area contributed by atoms with Crippen molar-refractivity contribution in [2.24, 2.45) is 0 Å². The van der Waals surface area contributed by atoms with Crippen molar-refractivity contribution in [3.8, 4) is 6.07 Å². The van der Waals surface area contributed by atoms with Crippen LogP contribution >= 0.6 is 0 Å². The van der Waals surface area contributed by atoms with Crippen molar-refractivity contribution in [2.45, 2.75) is 71.7 Å². The van der Waals surface area contributed by atoms with Crippen LogP contribution in [0.1, 0.15) is 62.5 Å². The number of hydrogen-bond donors (Lipinski definition) is 1. The van der Waals surface area contributed by atoms with Crippen molar-refractivity contribution in [1.29, 1.82) is 5.26 Å². The van der Waals surface area contributed by atoms with Crippen LogP contribution in [-0.2, 0) is 4.74 Å². The van der Waals surface area contributed by atoms with E-state index < -0.39 is 5.60 Å². The van der Waals surface area contributed by atoms with Gasteiger partial charge in [0.15, 0.2) is 5.82 Å². The van der Waals surface area contributed by atoms with Crippen LogP contribution in [0.4, 0.5) is 16.4 Å². The van der Waals surface area contributed by atoms with Crippen LogP contribution in [0.25, 0.3) is 10.8 Å². The number of hydrogen-bond acceptors (Lipinski definition) is 8. The van der Waals surface area contributed by atoms with Gasteiger partial charge in [0.2, 0.25) is 0 Å². The topological polar surface area (TPSA) is 107 Å². The Balaban J connectivity index is 1.39. The summed E-state index contributed by atoms with van der Waals surface area (Å²) in [6.45, 7) is 13.0. The standard InChI is InChI=1S/C28H33N7O2/c1-16-19(13-29)8-7-9-20(16)17(2)31-26-21-12-25(30-14-22(21)18(3)32-33-26)35-15-24-23(35)10-11-34(24)27(36)37-28(4,5)6/h7-9,12,14,17,23-24H,10-11,15H2,1-6H3,(H,31,33)/t17-,23?,24?/m1/s1. The van der Waals surface area contributed by atoms with Gasteiger partial charge >= 0.3 is 6.09 Å². The van der Waals surface area contributed by atoms with E-state index in [9.17, 15) is 10.1 Å². The maximum absolute atomic E-state index is 12.7. The first-order valence-electron chi connectivity index (χ1n) is 12.7. The molecule has 1 N–H and O–H groups in total. The van der Waals surface area contributed by atoms with Gasteiger partial charge in [-0.1, -0.05) is 12.1 Å². The van der Waals surface area contributed by atoms with Crippen LogP contribution in [0.15, 0.2) is 30.5 Å². The number of fused-ring (bicyclic) bond motifs is 2. The van der Waals surface area contributed by atoms with Crippen molar-refractivity contribution < 1.29 is 9.53 Å². The van der Waals surface area contributed by atoms with Gasteiger partial charge < -0.3 is 19.9 Å². The second-order valence-electron chi connectivity index (χ2n) is 11.0. The Kier molecular flexibility index (Phi) is 6.14. The summed E-state index contributed by atoms with van der Waals surface area (Å²) in [5.74, 6) is 1.54. The number of carbonyl (C=O) groups is 1. The molecule has 3 atom stereocenters. The number of amides is 1. The average molecular weight is 500 g/mol. The minimum Gasteiger partial charge on any atom is -0.444 e. The molecule has 2 aliphatic heterocycles. The fourth-order valence-corrected chi connectivity index (χ4v) is 5.38. The van der Waals surface area contributed by atoms with Crippen molar-refractivity contribution in [2.75, 3.05) is 23.3 Å². The lowest BCUT2D eigenvalue weighted by atomic mass is 9.97. The summed E-state index contributed by atoms with van der Waals surface area (Å²) < 4.78 is 5.61. The summed E-state index contributed by atoms with van der Waals surface area (Å²) in [7, 11) is 0. The lowest BCUT2D eigenvalue weighted by molar-refractivity contribution is 0.0193. The predicted molar refractivity (Wildman–Crippen MR) is 142 cm³/mol. The predicted octanol–water partition coefficient (Wildman–Crippen LogP) is 4.88. The molecule has 9 heteroatoms. The van der Waals surface area contributed by atoms with E-state index in [-0.39, 0.29) is 24.2 Å². The third-order valence-electron chi connectivity index (χ3n) is 7.37. The van der Waals surface area contributed by atoms with Crippen molar-refractivity contribution in [1.82, 2.24) is 20.1 Å². The number of nitriles is 1. The molecule has 9 nitrogen and oxygen atoms in total. The van der Waals surface area contributed by atoms with Gasteiger partial charge in [0, 0.05) is 30.1 Å². The molecular weight excluding hydrogens is 466 g/mol. The molecule has 1 amide bonds. The molecule has 2 aromatic heterocycles. The van der Waals surface area contributed by atoms with Crippen LogP contribution in [0.2, 0.25) is 0 Å². The van der Waals surface area contributed by atoms with Gasteiger partial charge in [-0.15, -0.1) is 5.10 Å². The van der Waals surface area contributed by atoms with Crippen LogP contribution < -0.4 is 10.2 Å². The SMILES string of the molecule is Cc1c(C#N)cccc1[C@@H](C)Nc1nnc(C)c2cnc(N3CC4C3CCN4C(=O)OC(C)(C)C)cc12. The van der Waals surface area contributed by atoms with E-state index in [1.165, 1.54) is 0 Å². The Morgan fingerprint density at radius 1 is 1.22 bits per heavy atom. The van der Waals surface area contributed by atoms with Gasteiger partial charge in [-0.3, -0.25) is 0 Å². The summed E-state index contributed by atoms with van der Waals surface area (Å²) in [6.07, 6.45) is 2.50. The Bertz CT molecular complexity index is 1410. The molecule has 0 bridgehead atoms. The third kappa shape index (κ3) is 4.52. The second-order valence-corrected chi connectivity index (χ2v) is 11.0. The average Bonchev–Trinajstić information content (AvgIpc) is 3.16. The van der Waals surface area contributed by atoms with Gasteiger partial charge in [-0.2, -0.15) is 10.4 Å². The molecule has 37 heavy (non-hydrogen) atoms. The van der Waals surface area contributed by atoms with Crippen molar-refractivity contribution in [3.05, 3.63) is 52.8 Å². The number of aryl methyl sites for hydroxylation is 1. The quantitative estimate of drug-likeness (QED) is 0.541. The molecule has 0 aliphatic carbocycles. The molecular formula is C28H33N7O2. The Hall–Kier alpha value is -3.93. The zero-order valence-corrected chi connectivity index (χ0v) is 22.2. The Labute approximate surface area is 217 Å². The highest BCUT2D eigenvalue weighted by Gasteiger charge is 2.50. The lowest BCUT2D eigenvalue weighted by Crippen LogP contribution is -2.63. The minimum absolute atomic E-state index is 0.0734. The van der Waals surface area contributed by atoms with Crippen molar-refractivity contribution in [3.63, 3.8) is 0 Å². The number of benzene rings is 1. The first-order chi connectivity index (χ1) is 17.6. The highest BCUT2D eigenvalue weighted by atomic mass is 16.6. The Morgan fingerprint density at radius 2 is 2.00 bits per heavy atom. The Morgan fingerprint density at radius 3 is 2.73 bits per heavy atom. The maximum Gasteiger partial charge on any atom is 0.410 e. The smallest absolute Gasteiger partial charge is 0.410 e. The molecule has 2 saturated heterocycles. The molecule has 4 heterocycles. The van der Waals surface area contributed by atoms with Crippen LogP contribution in [0.5, 0.6) is 0 Å². The van der Waals surface area contributed by atoms with E-state index >= 15 is 0 Å². The first kappa shape index (κ1) is 24.8. The number of nitrogens with zero attached hydrogens (tertiary/aromatic N) is 6. The highest BCUT2D eigenvalue weighted by Crippen LogP contribution is 2.38. The van der Waals surface area contributed by atoms with Gasteiger partial charge in [0.25, 0.3) is 0 Å². The molecule has 3 aromatic rings. The molecule has 2 unspecified atom stereocenters. The van der Waals surface area contributed by atoms with Crippen molar-refractivity contribution >= 4 is 28.5 Å². The first-order valence-corrected chi connectivity index (χ1v) is 12.7. The van der Waals surface area contributed by atoms with E-state index in [0.29, 0.717) is 17.9 Å². The fourth-order valence-electron chi connectivity index (χ4n) is 5.38. The summed E-state index contributed by atoms with van der Waals surface area (Å²) in [6, 6.07) is 10.4. The van der Waals surface area contributed by atoms with Gasteiger partial charge in [-0.25, -0.2) is 9.78 Å². The number of anilines is 2. The van der Waals surface area contributed by atoms with Crippen LogP contribution in [-0.4, -0.2) is 56.9 Å². The number of nitrogens with one attached hydrogen (secondary N) is 1. The molecule has 2 aliphatic rings. The molecule has 1 aromatic carbocycles.